The summed E-state index contributed by atoms with van der Waals surface area (Å²) in [5.74, 6) is 1.64. The van der Waals surface area contributed by atoms with Gasteiger partial charge in [0.25, 0.3) is 0 Å². The molecule has 1 saturated heterocycles. The van der Waals surface area contributed by atoms with Gasteiger partial charge in [0.1, 0.15) is 6.10 Å². The third-order valence-electron chi connectivity index (χ3n) is 13.9. The zero-order valence-corrected chi connectivity index (χ0v) is 23.1. The van der Waals surface area contributed by atoms with Crippen molar-refractivity contribution < 1.29 is 25.2 Å². The number of rotatable bonds is 2. The monoisotopic (exact) mass is 490 g/mol. The molecule has 1 heterocycles. The molecule has 5 nitrogen and oxygen atoms in total. The second kappa shape index (κ2) is 7.05. The van der Waals surface area contributed by atoms with Crippen molar-refractivity contribution in [3.8, 4) is 0 Å². The number of aliphatic hydroxyl groups excluding tert-OH is 3. The van der Waals surface area contributed by atoms with Crippen LogP contribution in [0.1, 0.15) is 99.8 Å². The van der Waals surface area contributed by atoms with Gasteiger partial charge in [-0.15, -0.1) is 0 Å². The predicted molar refractivity (Wildman–Crippen MR) is 134 cm³/mol. The smallest absolute Gasteiger partial charge is 0.108 e. The topological polar surface area (TPSA) is 90.2 Å². The summed E-state index contributed by atoms with van der Waals surface area (Å²) in [4.78, 5) is 0. The summed E-state index contributed by atoms with van der Waals surface area (Å²) in [5.41, 5.74) is -0.860. The molecule has 1 unspecified atom stereocenters. The summed E-state index contributed by atoms with van der Waals surface area (Å²) in [7, 11) is 0. The average Bonchev–Trinajstić information content (AvgIpc) is 3.40. The molecule has 0 bridgehead atoms. The van der Waals surface area contributed by atoms with Crippen LogP contribution in [0.5, 0.6) is 0 Å². The van der Waals surface area contributed by atoms with Crippen LogP contribution >= 0.6 is 0 Å². The molecule has 5 aliphatic carbocycles. The first-order valence-corrected chi connectivity index (χ1v) is 14.5. The van der Waals surface area contributed by atoms with E-state index in [-0.39, 0.29) is 34.4 Å². The number of hydrogen-bond acceptors (Lipinski definition) is 5. The van der Waals surface area contributed by atoms with E-state index in [0.29, 0.717) is 28.6 Å². The second-order valence-corrected chi connectivity index (χ2v) is 15.7. The maximum atomic E-state index is 12.2. The van der Waals surface area contributed by atoms with Gasteiger partial charge in [-0.2, -0.15) is 0 Å². The Morgan fingerprint density at radius 1 is 0.914 bits per heavy atom. The Hall–Kier alpha value is -0.200. The Bertz CT molecular complexity index is 896. The lowest BCUT2D eigenvalue weighted by Crippen LogP contribution is -2.59. The molecule has 0 aromatic rings. The normalized spacial score (nSPS) is 59.4. The van der Waals surface area contributed by atoms with Crippen LogP contribution in [0.3, 0.4) is 0 Å². The van der Waals surface area contributed by atoms with Crippen molar-refractivity contribution in [2.75, 3.05) is 0 Å². The van der Waals surface area contributed by atoms with Crippen LogP contribution in [-0.2, 0) is 4.74 Å². The van der Waals surface area contributed by atoms with Gasteiger partial charge in [0.05, 0.1) is 30.0 Å². The van der Waals surface area contributed by atoms with Crippen LogP contribution in [0.25, 0.3) is 0 Å². The highest BCUT2D eigenvalue weighted by Crippen LogP contribution is 2.89. The largest absolute Gasteiger partial charge is 0.393 e. The van der Waals surface area contributed by atoms with Gasteiger partial charge in [-0.3, -0.25) is 0 Å². The molecule has 0 aromatic carbocycles. The van der Waals surface area contributed by atoms with Crippen molar-refractivity contribution in [2.24, 2.45) is 50.7 Å². The van der Waals surface area contributed by atoms with Gasteiger partial charge in [0.15, 0.2) is 0 Å². The first-order chi connectivity index (χ1) is 16.1. The molecule has 1 aliphatic heterocycles. The summed E-state index contributed by atoms with van der Waals surface area (Å²) in [6.07, 6.45) is 6.23. The van der Waals surface area contributed by atoms with Gasteiger partial charge in [-0.25, -0.2) is 0 Å². The fourth-order valence-electron chi connectivity index (χ4n) is 12.0. The van der Waals surface area contributed by atoms with E-state index in [1.54, 1.807) is 13.8 Å². The SMILES string of the molecule is C[C@@H]1C[C@H]([C@H](O)C(C)(C)O)O[C@H]2[C@@H]1[C@@]1(C)CCC34C[C@@]35CC[C@H](O)C(C)(C)[C@@H]5CC[C@H]4[C@]1(C)[C@H]2O. The van der Waals surface area contributed by atoms with E-state index in [0.717, 1.165) is 38.5 Å². The van der Waals surface area contributed by atoms with Crippen LogP contribution in [0.2, 0.25) is 0 Å². The Labute approximate surface area is 212 Å². The third-order valence-corrected chi connectivity index (χ3v) is 13.9. The number of fused-ring (bicyclic) bond motifs is 4. The summed E-state index contributed by atoms with van der Waals surface area (Å²) >= 11 is 0. The molecule has 200 valence electrons. The summed E-state index contributed by atoms with van der Waals surface area (Å²) in [6.45, 7) is 15.0. The fraction of sp³-hybridized carbons (Fsp3) is 1.00. The quantitative estimate of drug-likeness (QED) is 0.464. The van der Waals surface area contributed by atoms with Gasteiger partial charge in [0, 0.05) is 5.41 Å². The molecular weight excluding hydrogens is 440 g/mol. The van der Waals surface area contributed by atoms with Crippen molar-refractivity contribution in [3.05, 3.63) is 0 Å². The summed E-state index contributed by atoms with van der Waals surface area (Å²) < 4.78 is 6.59. The lowest BCUT2D eigenvalue weighted by molar-refractivity contribution is -0.202. The predicted octanol–water partition coefficient (Wildman–Crippen LogP) is 4.29. The van der Waals surface area contributed by atoms with Gasteiger partial charge in [-0.1, -0.05) is 34.6 Å². The molecule has 5 saturated carbocycles. The van der Waals surface area contributed by atoms with E-state index in [1.165, 1.54) is 12.8 Å². The molecule has 6 aliphatic rings. The van der Waals surface area contributed by atoms with Crippen LogP contribution in [0.15, 0.2) is 0 Å². The van der Waals surface area contributed by atoms with Gasteiger partial charge >= 0.3 is 0 Å². The van der Waals surface area contributed by atoms with E-state index >= 15 is 0 Å². The van der Waals surface area contributed by atoms with Gasteiger partial charge in [0.2, 0.25) is 0 Å². The first kappa shape index (κ1) is 25.1. The van der Waals surface area contributed by atoms with E-state index in [1.807, 2.05) is 0 Å². The fourth-order valence-corrected chi connectivity index (χ4v) is 12.0. The highest BCUT2D eigenvalue weighted by atomic mass is 16.5. The molecule has 6 rings (SSSR count). The average molecular weight is 491 g/mol. The van der Waals surface area contributed by atoms with E-state index in [2.05, 4.69) is 34.6 Å². The molecule has 0 aromatic heterocycles. The van der Waals surface area contributed by atoms with Gasteiger partial charge in [-0.05, 0) is 111 Å². The zero-order valence-electron chi connectivity index (χ0n) is 23.1. The maximum absolute atomic E-state index is 12.2. The highest BCUT2D eigenvalue weighted by Gasteiger charge is 2.84. The zero-order chi connectivity index (χ0) is 25.6. The molecule has 6 fully saturated rings. The molecule has 0 radical (unpaired) electrons. The minimum absolute atomic E-state index is 0.00259. The molecular formula is C30H50O5. The number of aliphatic hydroxyl groups is 4. The van der Waals surface area contributed by atoms with Crippen LogP contribution < -0.4 is 0 Å². The van der Waals surface area contributed by atoms with Crippen LogP contribution in [-0.4, -0.2) is 56.5 Å². The Morgan fingerprint density at radius 2 is 1.54 bits per heavy atom. The first-order valence-electron chi connectivity index (χ1n) is 14.5. The molecule has 5 heteroatoms. The van der Waals surface area contributed by atoms with Crippen LogP contribution in [0.4, 0.5) is 0 Å². The lowest BCUT2D eigenvalue weighted by Gasteiger charge is -2.63. The van der Waals surface area contributed by atoms with Crippen molar-refractivity contribution in [1.82, 2.24) is 0 Å². The van der Waals surface area contributed by atoms with E-state index in [9.17, 15) is 20.4 Å². The number of ether oxygens (including phenoxy) is 1. The van der Waals surface area contributed by atoms with Gasteiger partial charge < -0.3 is 25.2 Å². The molecule has 0 amide bonds. The van der Waals surface area contributed by atoms with Crippen molar-refractivity contribution in [2.45, 2.75) is 136 Å². The third kappa shape index (κ3) is 2.73. The maximum Gasteiger partial charge on any atom is 0.108 e. The minimum Gasteiger partial charge on any atom is -0.393 e. The van der Waals surface area contributed by atoms with Crippen molar-refractivity contribution >= 4 is 0 Å². The Balaban J connectivity index is 1.36. The molecule has 13 atom stereocenters. The van der Waals surface area contributed by atoms with Crippen LogP contribution in [0, 0.1) is 50.7 Å². The Morgan fingerprint density at radius 3 is 2.20 bits per heavy atom. The van der Waals surface area contributed by atoms with E-state index in [4.69, 9.17) is 4.74 Å². The highest BCUT2D eigenvalue weighted by molar-refractivity contribution is 5.32. The summed E-state index contributed by atoms with van der Waals surface area (Å²) in [6, 6.07) is 0. The number of hydrogen-bond donors (Lipinski definition) is 4. The van der Waals surface area contributed by atoms with E-state index < -0.39 is 23.9 Å². The van der Waals surface area contributed by atoms with Crippen molar-refractivity contribution in [3.63, 3.8) is 0 Å². The standard InChI is InChI=1S/C30H50O5/c1-16-14-17(23(32)26(4,5)34)35-22-21(16)27(6)12-13-30-15-29(30)11-10-20(31)25(2,3)18(29)8-9-19(30)28(27,7)24(22)33/h16-24,31-34H,8-15H2,1-7H3/t16-,17-,18+,19+,20+,21-,22+,23+,24+,27-,28-,29-,30?/m1/s1. The van der Waals surface area contributed by atoms with Crippen molar-refractivity contribution in [1.29, 1.82) is 0 Å². The molecule has 2 spiro atoms. The Kier molecular flexibility index (Phi) is 5.06. The molecule has 4 N–H and O–H groups in total. The lowest BCUT2D eigenvalue weighted by atomic mass is 9.41. The summed E-state index contributed by atoms with van der Waals surface area (Å²) in [5, 5.41) is 44.4. The molecule has 35 heavy (non-hydrogen) atoms. The second-order valence-electron chi connectivity index (χ2n) is 15.7. The minimum atomic E-state index is -1.23.